The second-order valence-electron chi connectivity index (χ2n) is 8.64. The molecule has 0 fully saturated rings. The van der Waals surface area contributed by atoms with E-state index in [9.17, 15) is 9.59 Å². The topological polar surface area (TPSA) is 77.3 Å². The van der Waals surface area contributed by atoms with Crippen LogP contribution < -0.4 is 0 Å². The molecule has 4 aromatic rings. The lowest BCUT2D eigenvalue weighted by atomic mass is 9.99. The molecule has 0 aliphatic carbocycles. The molecule has 2 aromatic heterocycles. The lowest BCUT2D eigenvalue weighted by molar-refractivity contribution is -0.140. The maximum Gasteiger partial charge on any atom is 0.342 e. The Morgan fingerprint density at radius 3 is 2.54 bits per heavy atom. The summed E-state index contributed by atoms with van der Waals surface area (Å²) in [5.41, 5.74) is 4.93. The molecule has 3 heterocycles. The van der Waals surface area contributed by atoms with Crippen molar-refractivity contribution in [3.05, 3.63) is 108 Å². The number of fused-ring (bicyclic) bond motifs is 1. The van der Waals surface area contributed by atoms with Gasteiger partial charge in [-0.25, -0.2) is 4.79 Å². The van der Waals surface area contributed by atoms with E-state index >= 15 is 0 Å². The molecule has 176 valence electrons. The second kappa shape index (κ2) is 9.93. The molecule has 0 radical (unpaired) electrons. The summed E-state index contributed by atoms with van der Waals surface area (Å²) >= 11 is 0. The first-order valence-corrected chi connectivity index (χ1v) is 11.7. The number of benzene rings is 2. The molecule has 1 aliphatic rings. The quantitative estimate of drug-likeness (QED) is 0.400. The van der Waals surface area contributed by atoms with Crippen LogP contribution in [0.2, 0.25) is 0 Å². The van der Waals surface area contributed by atoms with Crippen molar-refractivity contribution in [2.24, 2.45) is 0 Å². The first kappa shape index (κ1) is 22.5. The molecule has 0 N–H and O–H groups in total. The minimum atomic E-state index is -0.910. The summed E-state index contributed by atoms with van der Waals surface area (Å²) in [4.78, 5) is 32.2. The van der Waals surface area contributed by atoms with Crippen molar-refractivity contribution >= 4 is 11.9 Å². The van der Waals surface area contributed by atoms with Gasteiger partial charge in [-0.2, -0.15) is 5.10 Å². The van der Waals surface area contributed by atoms with E-state index in [0.29, 0.717) is 36.5 Å². The number of nitrogens with zero attached hydrogens (tertiary/aromatic N) is 4. The Bertz CT molecular complexity index is 1330. The summed E-state index contributed by atoms with van der Waals surface area (Å²) in [5.74, 6) is -0.783. The van der Waals surface area contributed by atoms with Crippen LogP contribution in [0.5, 0.6) is 0 Å². The number of ether oxygens (including phenoxy) is 1. The van der Waals surface area contributed by atoms with Gasteiger partial charge in [-0.1, -0.05) is 54.6 Å². The normalized spacial score (nSPS) is 13.7. The number of carbonyl (C=O) groups excluding carboxylic acids is 2. The molecular formula is C28H26N4O3. The van der Waals surface area contributed by atoms with Gasteiger partial charge in [0.1, 0.15) is 11.3 Å². The summed E-state index contributed by atoms with van der Waals surface area (Å²) in [6.07, 6.45) is 4.88. The molecule has 0 saturated carbocycles. The zero-order valence-corrected chi connectivity index (χ0v) is 19.5. The number of aromatic nitrogens is 3. The lowest BCUT2D eigenvalue weighted by Crippen LogP contribution is -2.42. The molecule has 2 aromatic carbocycles. The van der Waals surface area contributed by atoms with Gasteiger partial charge >= 0.3 is 5.97 Å². The molecule has 0 unspecified atom stereocenters. The van der Waals surface area contributed by atoms with Gasteiger partial charge in [-0.05, 0) is 42.2 Å². The monoisotopic (exact) mass is 466 g/mol. The minimum absolute atomic E-state index is 0.201. The van der Waals surface area contributed by atoms with Gasteiger partial charge in [0, 0.05) is 37.2 Å². The number of hydrogen-bond acceptors (Lipinski definition) is 5. The van der Waals surface area contributed by atoms with Crippen molar-refractivity contribution in [2.75, 3.05) is 6.54 Å². The Labute approximate surface area is 204 Å². The van der Waals surface area contributed by atoms with E-state index in [4.69, 9.17) is 4.74 Å². The molecule has 7 heteroatoms. The lowest BCUT2D eigenvalue weighted by Gasteiger charge is -2.30. The highest BCUT2D eigenvalue weighted by Crippen LogP contribution is 2.24. The van der Waals surface area contributed by atoms with E-state index in [0.717, 1.165) is 17.5 Å². The van der Waals surface area contributed by atoms with E-state index in [-0.39, 0.29) is 5.91 Å². The van der Waals surface area contributed by atoms with Crippen LogP contribution in [0.1, 0.15) is 34.0 Å². The van der Waals surface area contributed by atoms with E-state index in [1.165, 1.54) is 5.56 Å². The Hall–Kier alpha value is -4.26. The van der Waals surface area contributed by atoms with Gasteiger partial charge in [0.15, 0.2) is 6.10 Å². The van der Waals surface area contributed by atoms with Gasteiger partial charge in [0.05, 0.1) is 6.54 Å². The zero-order chi connectivity index (χ0) is 24.2. The van der Waals surface area contributed by atoms with Crippen LogP contribution in [0, 0.1) is 0 Å². The third-order valence-electron chi connectivity index (χ3n) is 6.18. The van der Waals surface area contributed by atoms with Gasteiger partial charge in [-0.3, -0.25) is 14.5 Å². The number of amides is 1. The van der Waals surface area contributed by atoms with E-state index in [2.05, 4.69) is 16.1 Å². The van der Waals surface area contributed by atoms with Crippen LogP contribution in [-0.2, 0) is 29.0 Å². The molecule has 0 saturated heterocycles. The Morgan fingerprint density at radius 2 is 1.77 bits per heavy atom. The first-order chi connectivity index (χ1) is 17.1. The van der Waals surface area contributed by atoms with Crippen molar-refractivity contribution in [1.82, 2.24) is 19.7 Å². The van der Waals surface area contributed by atoms with Crippen LogP contribution in [0.4, 0.5) is 0 Å². The molecule has 7 nitrogen and oxygen atoms in total. The zero-order valence-electron chi connectivity index (χ0n) is 19.5. The SMILES string of the molecule is C[C@H](OC(=O)c1cn(Cc2ccccc2)nc1-c1cccnc1)C(=O)N1CCc2ccccc2C1. The molecule has 0 spiro atoms. The van der Waals surface area contributed by atoms with Crippen LogP contribution in [0.3, 0.4) is 0 Å². The molecule has 35 heavy (non-hydrogen) atoms. The largest absolute Gasteiger partial charge is 0.449 e. The van der Waals surface area contributed by atoms with Gasteiger partial charge in [0.2, 0.25) is 0 Å². The predicted molar refractivity (Wildman–Crippen MR) is 131 cm³/mol. The number of pyridine rings is 1. The first-order valence-electron chi connectivity index (χ1n) is 11.7. The van der Waals surface area contributed by atoms with E-state index in [1.807, 2.05) is 54.6 Å². The molecule has 0 bridgehead atoms. The smallest absolute Gasteiger partial charge is 0.342 e. The molecular weight excluding hydrogens is 440 g/mol. The summed E-state index contributed by atoms with van der Waals surface area (Å²) < 4.78 is 7.37. The van der Waals surface area contributed by atoms with Gasteiger partial charge < -0.3 is 9.64 Å². The maximum absolute atomic E-state index is 13.2. The van der Waals surface area contributed by atoms with E-state index in [1.54, 1.807) is 41.2 Å². The fourth-order valence-electron chi connectivity index (χ4n) is 4.35. The molecule has 1 aliphatic heterocycles. The number of rotatable bonds is 6. The van der Waals surface area contributed by atoms with Crippen LogP contribution in [-0.4, -0.2) is 44.2 Å². The van der Waals surface area contributed by atoms with Crippen molar-refractivity contribution in [3.63, 3.8) is 0 Å². The fourth-order valence-corrected chi connectivity index (χ4v) is 4.35. The average Bonchev–Trinajstić information content (AvgIpc) is 3.33. The highest BCUT2D eigenvalue weighted by Gasteiger charge is 2.29. The summed E-state index contributed by atoms with van der Waals surface area (Å²) in [6.45, 7) is 3.25. The number of hydrogen-bond donors (Lipinski definition) is 0. The highest BCUT2D eigenvalue weighted by molar-refractivity contribution is 5.97. The van der Waals surface area contributed by atoms with Crippen molar-refractivity contribution < 1.29 is 14.3 Å². The summed E-state index contributed by atoms with van der Waals surface area (Å²) in [7, 11) is 0. The number of esters is 1. The van der Waals surface area contributed by atoms with E-state index < -0.39 is 12.1 Å². The van der Waals surface area contributed by atoms with Crippen LogP contribution >= 0.6 is 0 Å². The molecule has 5 rings (SSSR count). The van der Waals surface area contributed by atoms with Crippen molar-refractivity contribution in [2.45, 2.75) is 32.5 Å². The number of carbonyl (C=O) groups is 2. The Kier molecular flexibility index (Phi) is 6.39. The predicted octanol–water partition coefficient (Wildman–Crippen LogP) is 4.12. The Morgan fingerprint density at radius 1 is 1.00 bits per heavy atom. The second-order valence-corrected chi connectivity index (χ2v) is 8.64. The highest BCUT2D eigenvalue weighted by atomic mass is 16.5. The maximum atomic E-state index is 13.2. The van der Waals surface area contributed by atoms with Crippen molar-refractivity contribution in [3.8, 4) is 11.3 Å². The standard InChI is InChI=1S/C28H26N4O3/c1-20(27(33)31-15-13-22-10-5-6-11-24(22)18-31)35-28(34)25-19-32(17-21-8-3-2-4-9-21)30-26(25)23-12-7-14-29-16-23/h2-12,14,16,19-20H,13,15,17-18H2,1H3/t20-/m0/s1. The summed E-state index contributed by atoms with van der Waals surface area (Å²) in [6, 6.07) is 21.6. The Balaban J connectivity index is 1.34. The van der Waals surface area contributed by atoms with Crippen molar-refractivity contribution in [1.29, 1.82) is 0 Å². The fraction of sp³-hybridized carbons (Fsp3) is 0.214. The molecule has 1 atom stereocenters. The van der Waals surface area contributed by atoms with Gasteiger partial charge in [0.25, 0.3) is 5.91 Å². The average molecular weight is 467 g/mol. The van der Waals surface area contributed by atoms with Crippen LogP contribution in [0.25, 0.3) is 11.3 Å². The minimum Gasteiger partial charge on any atom is -0.449 e. The van der Waals surface area contributed by atoms with Gasteiger partial charge in [-0.15, -0.1) is 0 Å². The summed E-state index contributed by atoms with van der Waals surface area (Å²) in [5, 5.41) is 4.64. The third kappa shape index (κ3) is 4.99. The van der Waals surface area contributed by atoms with Crippen LogP contribution in [0.15, 0.2) is 85.3 Å². The molecule has 1 amide bonds. The third-order valence-corrected chi connectivity index (χ3v) is 6.18.